The van der Waals surface area contributed by atoms with Crippen molar-refractivity contribution in [2.45, 2.75) is 78.0 Å². The minimum atomic E-state index is -0.502. The maximum absolute atomic E-state index is 13.7. The minimum absolute atomic E-state index is 0.0497. The normalized spacial score (nSPS) is 12.0. The van der Waals surface area contributed by atoms with Crippen molar-refractivity contribution in [3.63, 3.8) is 0 Å². The Balaban J connectivity index is 0.000000674. The molecule has 113 heavy (non-hydrogen) atoms. The first-order valence-electron chi connectivity index (χ1n) is 26.8. The number of hydrogen-bond donors (Lipinski definition) is 0. The van der Waals surface area contributed by atoms with E-state index < -0.39 is 5.60 Å². The smallest absolute Gasteiger partial charge is 0.410 e. The molecule has 80 heteroatoms. The number of likely N-dealkylation sites (tertiary alicyclic amines) is 1. The van der Waals surface area contributed by atoms with Crippen molar-refractivity contribution in [3.8, 4) is 0 Å². The van der Waals surface area contributed by atoms with Gasteiger partial charge in [0.1, 0.15) is 5.60 Å². The Morgan fingerprint density at radius 2 is 0.584 bits per heavy atom. The molecule has 2 fully saturated rings. The van der Waals surface area contributed by atoms with E-state index in [2.05, 4.69) is 47.9 Å². The molecule has 0 aliphatic carbocycles. The lowest BCUT2D eigenvalue weighted by Crippen LogP contribution is -2.56. The highest BCUT2D eigenvalue weighted by molar-refractivity contribution is 8.84. The van der Waals surface area contributed by atoms with E-state index in [0.29, 0.717) is 42.0 Å². The number of ether oxygens (including phenoxy) is 1. The van der Waals surface area contributed by atoms with Gasteiger partial charge in [-0.15, -0.1) is 0 Å². The molecule has 2 aromatic carbocycles. The van der Waals surface area contributed by atoms with Crippen molar-refractivity contribution in [1.29, 1.82) is 0 Å². The lowest BCUT2D eigenvalue weighted by molar-refractivity contribution is -0.138. The average molecular weight is 2910 g/mol. The van der Waals surface area contributed by atoms with Crippen LogP contribution in [-0.4, -0.2) is 71.1 Å². The summed E-state index contributed by atoms with van der Waals surface area (Å²) >= 11 is 22.1. The second-order valence-electron chi connectivity index (χ2n) is 17.7. The molecule has 0 saturated carbocycles. The van der Waals surface area contributed by atoms with Crippen molar-refractivity contribution < 1.29 is 14.3 Å². The molecule has 0 unspecified atom stereocenters. The Morgan fingerprint density at radius 1 is 0.363 bits per heavy atom. The van der Waals surface area contributed by atoms with Gasteiger partial charge in [-0.1, -0.05) is 61.3 Å². The fourth-order valence-corrected chi connectivity index (χ4v) is 194. The Labute approximate surface area is 878 Å². The molecule has 2 amide bonds. The molecule has 1 atom stereocenters. The first-order chi connectivity index (χ1) is 55.3. The third-order valence-electron chi connectivity index (χ3n) is 9.96. The molecule has 2 aromatic rings. The van der Waals surface area contributed by atoms with Crippen LogP contribution in [0.25, 0.3) is 0 Å². The molecule has 2 aliphatic heterocycles. The maximum atomic E-state index is 13.7. The average Bonchev–Trinajstić information content (AvgIpc) is 0.791. The standard InChI is InChI=1S/C33H45Cl2N3O3.S72/c1-23(2)20-29-22-37(31(25-6-10-27(34)11-7-25)26-8-12-28(35)13-9-26)18-19-38(29)30(39)21-24-14-16-36(17-15-24)32(40)41-33(3,4)5;1-3-5-7-9-11-13-15-17-19-21-23-25-27-29-31-33-35-37-39-41-43-45-47-49-51-53-55-57-59-61-63-65-67-69-71-72-70-68-66-64-62-60-58-56-54-52-50-48-46-44-42-40-38-36-34-32-30-28-26-24-22-20-18-16-14-12-10-8-6-4-2/h6-13,23-24,29,31H,14-22H2,1-5H3;/t29-;/m0./s1. The van der Waals surface area contributed by atoms with Gasteiger partial charge in [0.25, 0.3) is 0 Å². The second kappa shape index (κ2) is 90.7. The van der Waals surface area contributed by atoms with Crippen molar-refractivity contribution >= 4 is 679 Å². The SMILES string of the molecule is CC(C)C[C@H]1CN(C(c2ccc(Cl)cc2)c2ccc(Cl)cc2)CCN1C(=O)CC1CCN(C(=O)OC(C)(C)C)CC1.S=S=S=S=S=S=S=S=S=S=S=S=S=S=S=S=S=S=S=S=S=S=S=S=S=S=S=S=S=S=S=S=S=S=S=S=S=S=S=S=S=S=S=S=S=S=S=S=S=S=S=S=S=S=S=S=S=S=S=S=S=S=S=S=S=S=S=S=S=S=S=S. The van der Waals surface area contributed by atoms with Gasteiger partial charge in [0, 0.05) is 699 Å². The topological polar surface area (TPSA) is 53.1 Å². The van der Waals surface area contributed by atoms with E-state index >= 15 is 0 Å². The van der Waals surface area contributed by atoms with Crippen LogP contribution in [0.15, 0.2) is 48.5 Å². The quantitative estimate of drug-likeness (QED) is 0.287. The fourth-order valence-electron chi connectivity index (χ4n) is 6.87. The summed E-state index contributed by atoms with van der Waals surface area (Å²) in [7, 11) is 126. The molecular weight excluding hydrogens is 2870 g/mol. The molecule has 4 rings (SSSR count). The molecule has 2 saturated heterocycles. The van der Waals surface area contributed by atoms with Crippen LogP contribution in [0.5, 0.6) is 0 Å². The number of carbonyl (C=O) groups excluding carboxylic acids is 2. The molecule has 0 N–H and O–H groups in total. The number of benzene rings is 2. The monoisotopic (exact) mass is 2900 g/mol. The second-order valence-corrected chi connectivity index (χ2v) is 142. The van der Waals surface area contributed by atoms with Gasteiger partial charge in [0.2, 0.25) is 5.91 Å². The Bertz CT molecular complexity index is 6900. The van der Waals surface area contributed by atoms with E-state index in [4.69, 9.17) is 50.3 Å². The van der Waals surface area contributed by atoms with Crippen molar-refractivity contribution in [1.82, 2.24) is 14.7 Å². The summed E-state index contributed by atoms with van der Waals surface area (Å²) in [5.41, 5.74) is 1.85. The van der Waals surface area contributed by atoms with Crippen molar-refractivity contribution in [2.75, 3.05) is 32.7 Å². The molecule has 0 spiro atoms. The number of rotatable bonds is 7. The first kappa shape index (κ1) is 121. The molecule has 6 nitrogen and oxygen atoms in total. The molecule has 0 radical (unpaired) electrons. The number of amides is 2. The predicted molar refractivity (Wildman–Crippen MR) is 697 cm³/mol. The lowest BCUT2D eigenvalue weighted by atomic mass is 9.91. The highest BCUT2D eigenvalue weighted by atomic mass is 35.5. The van der Waals surface area contributed by atoms with Crippen LogP contribution in [-0.2, 0) is 654 Å². The van der Waals surface area contributed by atoms with Gasteiger partial charge in [-0.3, -0.25) is 9.69 Å². The van der Waals surface area contributed by atoms with E-state index in [1.165, 1.54) is 28.9 Å². The van der Waals surface area contributed by atoms with Gasteiger partial charge in [0.05, 0.1) is 6.04 Å². The number of piperazine rings is 1. The maximum Gasteiger partial charge on any atom is 0.410 e. The molecule has 2 heterocycles. The third kappa shape index (κ3) is 76.2. The van der Waals surface area contributed by atoms with Gasteiger partial charge in [-0.2, -0.15) is 0 Å². The van der Waals surface area contributed by atoms with E-state index in [-0.39, 0.29) is 30.0 Å². The zero-order valence-electron chi connectivity index (χ0n) is 54.5. The van der Waals surface area contributed by atoms with Gasteiger partial charge in [-0.05, 0) is 87.3 Å². The number of nitrogens with zero attached hydrogens (tertiary/aromatic N) is 3. The van der Waals surface area contributed by atoms with E-state index in [0.717, 1.165) is 32.4 Å². The minimum Gasteiger partial charge on any atom is -0.444 e. The molecule has 0 aromatic heterocycles. The Morgan fingerprint density at radius 3 is 0.788 bits per heavy atom. The summed E-state index contributed by atoms with van der Waals surface area (Å²) in [4.78, 5) is 32.6. The summed E-state index contributed by atoms with van der Waals surface area (Å²) in [5, 5.41) is 1.43. The summed E-state index contributed by atoms with van der Waals surface area (Å²) in [5.74, 6) is 0.993. The predicted octanol–water partition coefficient (Wildman–Crippen LogP) is 7.51. The van der Waals surface area contributed by atoms with Gasteiger partial charge < -0.3 is 14.5 Å². The number of piperidine rings is 1. The largest absolute Gasteiger partial charge is 0.444 e. The van der Waals surface area contributed by atoms with Gasteiger partial charge in [0.15, 0.2) is 0 Å². The van der Waals surface area contributed by atoms with E-state index in [9.17, 15) is 9.59 Å². The Kier molecular flexibility index (Phi) is 96.9. The van der Waals surface area contributed by atoms with Crippen LogP contribution in [0.3, 0.4) is 0 Å². The molecule has 2 aliphatic rings. The van der Waals surface area contributed by atoms with Crippen molar-refractivity contribution in [3.05, 3.63) is 69.7 Å². The van der Waals surface area contributed by atoms with Gasteiger partial charge >= 0.3 is 6.09 Å². The molecular formula is C33H45Cl2N3O3S72. The van der Waals surface area contributed by atoms with Gasteiger partial charge in [-0.25, -0.2) is 4.79 Å². The van der Waals surface area contributed by atoms with Crippen LogP contribution in [0.2, 0.25) is 10.0 Å². The van der Waals surface area contributed by atoms with Crippen LogP contribution in [0.1, 0.15) is 77.5 Å². The van der Waals surface area contributed by atoms with Crippen LogP contribution < -0.4 is 0 Å². The number of hydrogen-bond acceptors (Lipinski definition) is 6. The van der Waals surface area contributed by atoms with Crippen LogP contribution in [0, 0.1) is 11.8 Å². The number of carbonyl (C=O) groups is 2. The zero-order chi connectivity index (χ0) is 81.2. The molecule has 656 valence electrons. The van der Waals surface area contributed by atoms with Crippen molar-refractivity contribution in [2.24, 2.45) is 11.8 Å². The number of halogens is 2. The highest BCUT2D eigenvalue weighted by Gasteiger charge is 2.36. The highest BCUT2D eigenvalue weighted by Crippen LogP contribution is 2.34. The first-order valence-corrected chi connectivity index (χ1v) is 122. The van der Waals surface area contributed by atoms with E-state index in [1.54, 1.807) is 111 Å². The summed E-state index contributed by atoms with van der Waals surface area (Å²) in [6, 6.07) is 16.4. The summed E-state index contributed by atoms with van der Waals surface area (Å²) in [6.07, 6.45) is 2.89. The van der Waals surface area contributed by atoms with Crippen LogP contribution in [0.4, 0.5) is 4.79 Å². The molecule has 0 bridgehead atoms. The van der Waals surface area contributed by atoms with E-state index in [1.807, 2.05) is 542 Å². The van der Waals surface area contributed by atoms with Crippen LogP contribution >= 0.6 is 23.2 Å². The third-order valence-corrected chi connectivity index (χ3v) is 164. The zero-order valence-corrected chi connectivity index (χ0v) is 115. The summed E-state index contributed by atoms with van der Waals surface area (Å²) in [6.45, 7) is 13.7. The Hall–Kier alpha value is 13.6. The summed E-state index contributed by atoms with van der Waals surface area (Å²) < 4.78 is 5.54. The fraction of sp³-hybridized carbons (Fsp3) is 0.576. The lowest BCUT2D eigenvalue weighted by Gasteiger charge is -2.46.